The van der Waals surface area contributed by atoms with E-state index in [1.807, 2.05) is 32.0 Å². The maximum Gasteiger partial charge on any atom is 0.251 e. The molecule has 1 aromatic carbocycles. The molecule has 3 aromatic rings. The fraction of sp³-hybridized carbons (Fsp3) is 0.263. The van der Waals surface area contributed by atoms with Crippen molar-refractivity contribution in [2.45, 2.75) is 32.9 Å². The smallest absolute Gasteiger partial charge is 0.251 e. The highest BCUT2D eigenvalue weighted by molar-refractivity contribution is 6.31. The summed E-state index contributed by atoms with van der Waals surface area (Å²) in [4.78, 5) is 24.3. The molecule has 8 heteroatoms. The first-order chi connectivity index (χ1) is 12.9. The van der Waals surface area contributed by atoms with E-state index in [1.54, 1.807) is 12.1 Å². The third-order valence-electron chi connectivity index (χ3n) is 3.91. The van der Waals surface area contributed by atoms with Crippen LogP contribution in [0.15, 0.2) is 51.8 Å². The summed E-state index contributed by atoms with van der Waals surface area (Å²) in [5.41, 5.74) is 1.09. The highest BCUT2D eigenvalue weighted by Gasteiger charge is 2.13. The van der Waals surface area contributed by atoms with Crippen LogP contribution in [0.4, 0.5) is 0 Å². The number of halogens is 1. The maximum atomic E-state index is 12.2. The lowest BCUT2D eigenvalue weighted by Crippen LogP contribution is -2.31. The van der Waals surface area contributed by atoms with Crippen LogP contribution < -0.4 is 10.9 Å². The molecule has 1 N–H and O–H groups in total. The van der Waals surface area contributed by atoms with Crippen LogP contribution in [0, 0.1) is 0 Å². The van der Waals surface area contributed by atoms with Crippen molar-refractivity contribution in [3.63, 3.8) is 0 Å². The molecular weight excluding hydrogens is 368 g/mol. The molecule has 1 amide bonds. The van der Waals surface area contributed by atoms with Gasteiger partial charge in [0.15, 0.2) is 0 Å². The molecule has 0 bridgehead atoms. The van der Waals surface area contributed by atoms with Gasteiger partial charge in [0.2, 0.25) is 17.7 Å². The van der Waals surface area contributed by atoms with E-state index in [4.69, 9.17) is 16.0 Å². The minimum Gasteiger partial charge on any atom is -0.420 e. The van der Waals surface area contributed by atoms with Gasteiger partial charge in [0.1, 0.15) is 6.54 Å². The quantitative estimate of drug-likeness (QED) is 0.703. The van der Waals surface area contributed by atoms with E-state index in [2.05, 4.69) is 15.5 Å². The van der Waals surface area contributed by atoms with Crippen LogP contribution in [0.3, 0.4) is 0 Å². The Morgan fingerprint density at radius 2 is 2.00 bits per heavy atom. The van der Waals surface area contributed by atoms with E-state index in [0.29, 0.717) is 22.4 Å². The van der Waals surface area contributed by atoms with Crippen molar-refractivity contribution in [2.75, 3.05) is 0 Å². The predicted octanol–water partition coefficient (Wildman–Crippen LogP) is 2.99. The molecule has 0 radical (unpaired) electrons. The van der Waals surface area contributed by atoms with Crippen LogP contribution in [0.1, 0.15) is 31.2 Å². The van der Waals surface area contributed by atoms with Gasteiger partial charge in [-0.1, -0.05) is 43.6 Å². The molecule has 2 aromatic heterocycles. The van der Waals surface area contributed by atoms with Crippen LogP contribution in [-0.2, 0) is 17.9 Å². The molecular formula is C19H19ClN4O3. The molecule has 0 unspecified atom stereocenters. The Balaban J connectivity index is 1.71. The average Bonchev–Trinajstić information content (AvgIpc) is 3.13. The van der Waals surface area contributed by atoms with Crippen LogP contribution >= 0.6 is 11.6 Å². The summed E-state index contributed by atoms with van der Waals surface area (Å²) in [5, 5.41) is 11.3. The van der Waals surface area contributed by atoms with Crippen LogP contribution in [-0.4, -0.2) is 20.7 Å². The summed E-state index contributed by atoms with van der Waals surface area (Å²) in [5.74, 6) is 0.625. The molecule has 2 heterocycles. The number of aromatic nitrogens is 3. The summed E-state index contributed by atoms with van der Waals surface area (Å²) < 4.78 is 6.90. The first-order valence-corrected chi connectivity index (χ1v) is 8.86. The molecule has 0 aliphatic heterocycles. The number of carbonyl (C=O) groups is 1. The number of benzene rings is 1. The summed E-state index contributed by atoms with van der Waals surface area (Å²) in [6.45, 7) is 4.06. The highest BCUT2D eigenvalue weighted by atomic mass is 35.5. The van der Waals surface area contributed by atoms with Crippen molar-refractivity contribution in [3.05, 3.63) is 69.4 Å². The lowest BCUT2D eigenvalue weighted by Gasteiger charge is -2.09. The van der Waals surface area contributed by atoms with Crippen molar-refractivity contribution < 1.29 is 9.21 Å². The average molecular weight is 387 g/mol. The molecule has 140 valence electrons. The molecule has 0 atom stereocenters. The monoisotopic (exact) mass is 386 g/mol. The maximum absolute atomic E-state index is 12.2. The fourth-order valence-electron chi connectivity index (χ4n) is 2.41. The van der Waals surface area contributed by atoms with Gasteiger partial charge in [-0.05, 0) is 17.7 Å². The summed E-state index contributed by atoms with van der Waals surface area (Å²) in [7, 11) is 0. The Kier molecular flexibility index (Phi) is 5.71. The second kappa shape index (κ2) is 8.18. The predicted molar refractivity (Wildman–Crippen MR) is 101 cm³/mol. The van der Waals surface area contributed by atoms with E-state index in [1.165, 1.54) is 16.8 Å². The summed E-state index contributed by atoms with van der Waals surface area (Å²) >= 11 is 6.08. The molecule has 0 fully saturated rings. The molecule has 0 spiro atoms. The first kappa shape index (κ1) is 18.8. The Labute approximate surface area is 161 Å². The number of nitrogens with one attached hydrogen (secondary N) is 1. The standard InChI is InChI=1S/C19H19ClN4O3/c1-12(2)18-22-23-19(27-18)14-7-8-17(26)24(10-14)11-16(25)21-9-13-5-3-4-6-15(13)20/h3-8,10,12H,9,11H2,1-2H3,(H,21,25). The minimum absolute atomic E-state index is 0.104. The number of amides is 1. The summed E-state index contributed by atoms with van der Waals surface area (Å²) in [6, 6.07) is 10.2. The molecule has 0 aliphatic carbocycles. The molecule has 3 rings (SSSR count). The Hall–Kier alpha value is -2.93. The van der Waals surface area contributed by atoms with Crippen molar-refractivity contribution in [1.29, 1.82) is 0 Å². The Bertz CT molecular complexity index is 1010. The zero-order valence-electron chi connectivity index (χ0n) is 15.0. The first-order valence-electron chi connectivity index (χ1n) is 8.48. The second-order valence-electron chi connectivity index (χ2n) is 6.35. The van der Waals surface area contributed by atoms with Crippen LogP contribution in [0.2, 0.25) is 5.02 Å². The number of pyridine rings is 1. The second-order valence-corrected chi connectivity index (χ2v) is 6.76. The van der Waals surface area contributed by atoms with Crippen molar-refractivity contribution in [2.24, 2.45) is 0 Å². The normalized spacial score (nSPS) is 11.0. The lowest BCUT2D eigenvalue weighted by molar-refractivity contribution is -0.121. The number of carbonyl (C=O) groups excluding carboxylic acids is 1. The van der Waals surface area contributed by atoms with Gasteiger partial charge in [-0.15, -0.1) is 10.2 Å². The molecule has 7 nitrogen and oxygen atoms in total. The largest absolute Gasteiger partial charge is 0.420 e. The van der Waals surface area contributed by atoms with E-state index in [0.717, 1.165) is 5.56 Å². The van der Waals surface area contributed by atoms with Crippen LogP contribution in [0.5, 0.6) is 0 Å². The summed E-state index contributed by atoms with van der Waals surface area (Å²) in [6.07, 6.45) is 1.54. The topological polar surface area (TPSA) is 90.0 Å². The van der Waals surface area contributed by atoms with Gasteiger partial charge >= 0.3 is 0 Å². The molecule has 0 saturated heterocycles. The van der Waals surface area contributed by atoms with Gasteiger partial charge in [0, 0.05) is 29.7 Å². The zero-order valence-corrected chi connectivity index (χ0v) is 15.7. The number of rotatable bonds is 6. The number of nitrogens with zero attached hydrogens (tertiary/aromatic N) is 3. The number of hydrogen-bond donors (Lipinski definition) is 1. The third kappa shape index (κ3) is 4.62. The van der Waals surface area contributed by atoms with Gasteiger partial charge in [-0.2, -0.15) is 0 Å². The van der Waals surface area contributed by atoms with Gasteiger partial charge in [-0.3, -0.25) is 9.59 Å². The van der Waals surface area contributed by atoms with Gasteiger partial charge in [0.25, 0.3) is 5.56 Å². The molecule has 0 saturated carbocycles. The SMILES string of the molecule is CC(C)c1nnc(-c2ccc(=O)n(CC(=O)NCc3ccccc3Cl)c2)o1. The van der Waals surface area contributed by atoms with E-state index >= 15 is 0 Å². The molecule has 27 heavy (non-hydrogen) atoms. The van der Waals surface area contributed by atoms with E-state index < -0.39 is 0 Å². The van der Waals surface area contributed by atoms with Gasteiger partial charge in [-0.25, -0.2) is 0 Å². The Morgan fingerprint density at radius 3 is 2.70 bits per heavy atom. The van der Waals surface area contributed by atoms with Gasteiger partial charge < -0.3 is 14.3 Å². The van der Waals surface area contributed by atoms with Crippen LogP contribution in [0.25, 0.3) is 11.5 Å². The van der Waals surface area contributed by atoms with Gasteiger partial charge in [0.05, 0.1) is 5.56 Å². The highest BCUT2D eigenvalue weighted by Crippen LogP contribution is 2.20. The van der Waals surface area contributed by atoms with E-state index in [9.17, 15) is 9.59 Å². The third-order valence-corrected chi connectivity index (χ3v) is 4.28. The van der Waals surface area contributed by atoms with Crippen molar-refractivity contribution in [1.82, 2.24) is 20.1 Å². The Morgan fingerprint density at radius 1 is 1.22 bits per heavy atom. The zero-order chi connectivity index (χ0) is 19.4. The number of hydrogen-bond acceptors (Lipinski definition) is 5. The molecule has 0 aliphatic rings. The van der Waals surface area contributed by atoms with Crippen molar-refractivity contribution in [3.8, 4) is 11.5 Å². The minimum atomic E-state index is -0.303. The lowest BCUT2D eigenvalue weighted by atomic mass is 10.2. The van der Waals surface area contributed by atoms with E-state index in [-0.39, 0.29) is 30.5 Å². The fourth-order valence-corrected chi connectivity index (χ4v) is 2.61. The van der Waals surface area contributed by atoms with Crippen molar-refractivity contribution >= 4 is 17.5 Å².